The number of rotatable bonds is 2. The summed E-state index contributed by atoms with van der Waals surface area (Å²) in [5, 5.41) is 0. The first kappa shape index (κ1) is 8.31. The van der Waals surface area contributed by atoms with E-state index in [1.54, 1.807) is 0 Å². The van der Waals surface area contributed by atoms with Crippen LogP contribution in [0.4, 0.5) is 0 Å². The van der Waals surface area contributed by atoms with Gasteiger partial charge >= 0.3 is 0 Å². The van der Waals surface area contributed by atoms with E-state index < -0.39 is 0 Å². The first-order chi connectivity index (χ1) is 5.18. The van der Waals surface area contributed by atoms with Gasteiger partial charge in [-0.15, -0.1) is 0 Å². The van der Waals surface area contributed by atoms with E-state index >= 15 is 0 Å². The summed E-state index contributed by atoms with van der Waals surface area (Å²) in [5.74, 6) is 0.888. The molecule has 0 amide bonds. The lowest BCUT2D eigenvalue weighted by atomic mass is 10.3. The summed E-state index contributed by atoms with van der Waals surface area (Å²) in [5.41, 5.74) is 1.32. The summed E-state index contributed by atoms with van der Waals surface area (Å²) in [6, 6.07) is 0.357. The van der Waals surface area contributed by atoms with E-state index in [9.17, 15) is 0 Å². The molecule has 0 aromatic rings. The second-order valence-electron chi connectivity index (χ2n) is 3.17. The molecule has 0 bridgehead atoms. The average molecular weight is 153 g/mol. The van der Waals surface area contributed by atoms with E-state index in [1.165, 1.54) is 5.57 Å². The molecule has 0 spiro atoms. The molecular formula is C9H15NO. The molecule has 0 fully saturated rings. The first-order valence-electron chi connectivity index (χ1n) is 4.01. The van der Waals surface area contributed by atoms with Gasteiger partial charge in [-0.05, 0) is 20.8 Å². The van der Waals surface area contributed by atoms with Gasteiger partial charge in [-0.2, -0.15) is 0 Å². The van der Waals surface area contributed by atoms with Crippen molar-refractivity contribution >= 4 is 5.90 Å². The predicted molar refractivity (Wildman–Crippen MR) is 46.9 cm³/mol. The third kappa shape index (κ3) is 2.74. The van der Waals surface area contributed by atoms with Gasteiger partial charge in [0.15, 0.2) is 5.90 Å². The number of hydrogen-bond donors (Lipinski definition) is 0. The molecule has 0 N–H and O–H groups in total. The standard InChI is InChI=1S/C9H15NO/c1-7(2)4-5-9-10-8(3)6-11-9/h4,8H,5-6H2,1-3H3. The molecule has 1 aliphatic heterocycles. The molecule has 62 valence electrons. The molecule has 1 unspecified atom stereocenters. The van der Waals surface area contributed by atoms with Crippen molar-refractivity contribution in [3.8, 4) is 0 Å². The first-order valence-corrected chi connectivity index (χ1v) is 4.01. The lowest BCUT2D eigenvalue weighted by molar-refractivity contribution is 0.318. The molecule has 0 aromatic heterocycles. The number of ether oxygens (including phenoxy) is 1. The lowest BCUT2D eigenvalue weighted by Gasteiger charge is -1.96. The highest BCUT2D eigenvalue weighted by molar-refractivity contribution is 5.79. The van der Waals surface area contributed by atoms with E-state index in [0.717, 1.165) is 18.9 Å². The van der Waals surface area contributed by atoms with Gasteiger partial charge in [0.1, 0.15) is 6.61 Å². The van der Waals surface area contributed by atoms with E-state index in [-0.39, 0.29) is 0 Å². The molecule has 1 rings (SSSR count). The second-order valence-corrected chi connectivity index (χ2v) is 3.17. The third-order valence-corrected chi connectivity index (χ3v) is 1.54. The Bertz CT molecular complexity index is 190. The maximum atomic E-state index is 5.32. The van der Waals surface area contributed by atoms with Crippen molar-refractivity contribution in [3.63, 3.8) is 0 Å². The SMILES string of the molecule is CC(C)=CCC1=NC(C)CO1. The van der Waals surface area contributed by atoms with Crippen LogP contribution in [-0.2, 0) is 4.74 Å². The summed E-state index contributed by atoms with van der Waals surface area (Å²) in [6.45, 7) is 6.99. The Morgan fingerprint density at radius 3 is 2.91 bits per heavy atom. The minimum absolute atomic E-state index is 0.357. The number of hydrogen-bond acceptors (Lipinski definition) is 2. The van der Waals surface area contributed by atoms with Crippen molar-refractivity contribution in [2.24, 2.45) is 4.99 Å². The molecule has 0 aromatic carbocycles. The average Bonchev–Trinajstić information content (AvgIpc) is 2.31. The van der Waals surface area contributed by atoms with Crippen molar-refractivity contribution < 1.29 is 4.74 Å². The molecule has 2 nitrogen and oxygen atoms in total. The highest BCUT2D eigenvalue weighted by atomic mass is 16.5. The molecule has 0 saturated heterocycles. The molecule has 11 heavy (non-hydrogen) atoms. The van der Waals surface area contributed by atoms with Gasteiger partial charge in [-0.25, -0.2) is 4.99 Å². The van der Waals surface area contributed by atoms with Crippen LogP contribution in [0.5, 0.6) is 0 Å². The molecule has 0 aliphatic carbocycles. The predicted octanol–water partition coefficient (Wildman–Crippen LogP) is 2.16. The zero-order chi connectivity index (χ0) is 8.27. The van der Waals surface area contributed by atoms with Gasteiger partial charge in [-0.1, -0.05) is 11.6 Å². The summed E-state index contributed by atoms with van der Waals surface area (Å²) in [4.78, 5) is 4.31. The van der Waals surface area contributed by atoms with Crippen LogP contribution in [0.15, 0.2) is 16.6 Å². The topological polar surface area (TPSA) is 21.6 Å². The normalized spacial score (nSPS) is 22.5. The van der Waals surface area contributed by atoms with Gasteiger partial charge in [0.25, 0.3) is 0 Å². The third-order valence-electron chi connectivity index (χ3n) is 1.54. The molecular weight excluding hydrogens is 138 g/mol. The van der Waals surface area contributed by atoms with Crippen molar-refractivity contribution in [1.29, 1.82) is 0 Å². The van der Waals surface area contributed by atoms with E-state index in [0.29, 0.717) is 6.04 Å². The largest absolute Gasteiger partial charge is 0.478 e. The maximum Gasteiger partial charge on any atom is 0.187 e. The number of aliphatic imine (C=N–C) groups is 1. The zero-order valence-corrected chi connectivity index (χ0v) is 7.42. The molecule has 0 radical (unpaired) electrons. The van der Waals surface area contributed by atoms with Gasteiger partial charge in [0, 0.05) is 6.42 Å². The van der Waals surface area contributed by atoms with Crippen LogP contribution in [0.1, 0.15) is 27.2 Å². The fraction of sp³-hybridized carbons (Fsp3) is 0.667. The van der Waals surface area contributed by atoms with Gasteiger partial charge in [0.2, 0.25) is 0 Å². The number of nitrogens with zero attached hydrogens (tertiary/aromatic N) is 1. The van der Waals surface area contributed by atoms with Crippen molar-refractivity contribution in [2.45, 2.75) is 33.2 Å². The molecule has 1 atom stereocenters. The van der Waals surface area contributed by atoms with E-state index in [1.807, 2.05) is 0 Å². The monoisotopic (exact) mass is 153 g/mol. The van der Waals surface area contributed by atoms with Crippen LogP contribution >= 0.6 is 0 Å². The lowest BCUT2D eigenvalue weighted by Crippen LogP contribution is -1.99. The zero-order valence-electron chi connectivity index (χ0n) is 7.42. The quantitative estimate of drug-likeness (QED) is 0.557. The minimum atomic E-state index is 0.357. The number of allylic oxidation sites excluding steroid dienone is 1. The highest BCUT2D eigenvalue weighted by Crippen LogP contribution is 2.07. The van der Waals surface area contributed by atoms with E-state index in [4.69, 9.17) is 4.74 Å². The van der Waals surface area contributed by atoms with Gasteiger partial charge < -0.3 is 4.74 Å². The Morgan fingerprint density at radius 2 is 2.45 bits per heavy atom. The Hall–Kier alpha value is -0.790. The van der Waals surface area contributed by atoms with Crippen LogP contribution in [0.3, 0.4) is 0 Å². The Morgan fingerprint density at radius 1 is 1.73 bits per heavy atom. The Kier molecular flexibility index (Phi) is 2.69. The Labute approximate surface area is 68.0 Å². The van der Waals surface area contributed by atoms with Crippen molar-refractivity contribution in [1.82, 2.24) is 0 Å². The van der Waals surface area contributed by atoms with Gasteiger partial charge in [-0.3, -0.25) is 0 Å². The fourth-order valence-corrected chi connectivity index (χ4v) is 0.940. The van der Waals surface area contributed by atoms with Crippen LogP contribution in [0, 0.1) is 0 Å². The summed E-state index contributed by atoms with van der Waals surface area (Å²) < 4.78 is 5.32. The van der Waals surface area contributed by atoms with Crippen molar-refractivity contribution in [3.05, 3.63) is 11.6 Å². The second kappa shape index (κ2) is 3.56. The minimum Gasteiger partial charge on any atom is -0.478 e. The summed E-state index contributed by atoms with van der Waals surface area (Å²) in [7, 11) is 0. The van der Waals surface area contributed by atoms with Crippen molar-refractivity contribution in [2.75, 3.05) is 6.61 Å². The smallest absolute Gasteiger partial charge is 0.187 e. The molecule has 2 heteroatoms. The summed E-state index contributed by atoms with van der Waals surface area (Å²) in [6.07, 6.45) is 2.99. The van der Waals surface area contributed by atoms with E-state index in [2.05, 4.69) is 31.8 Å². The molecule has 1 heterocycles. The van der Waals surface area contributed by atoms with Gasteiger partial charge in [0.05, 0.1) is 6.04 Å². The maximum absolute atomic E-state index is 5.32. The van der Waals surface area contributed by atoms with Crippen LogP contribution in [-0.4, -0.2) is 18.5 Å². The van der Waals surface area contributed by atoms with Crippen LogP contribution < -0.4 is 0 Å². The van der Waals surface area contributed by atoms with Crippen LogP contribution in [0.25, 0.3) is 0 Å². The fourth-order valence-electron chi connectivity index (χ4n) is 0.940. The molecule has 0 saturated carbocycles. The van der Waals surface area contributed by atoms with Crippen LogP contribution in [0.2, 0.25) is 0 Å². The Balaban J connectivity index is 2.39. The highest BCUT2D eigenvalue weighted by Gasteiger charge is 2.11. The molecule has 1 aliphatic rings. The summed E-state index contributed by atoms with van der Waals surface area (Å²) >= 11 is 0.